The molecule has 0 atom stereocenters. The number of amidine groups is 1. The molecule has 414 valence electrons. The molecule has 0 saturated carbocycles. The number of nitrogens with one attached hydrogen (secondary N) is 5. The van der Waals surface area contributed by atoms with Gasteiger partial charge in [0.2, 0.25) is 19.7 Å². The first-order chi connectivity index (χ1) is 39.0. The molecule has 16 nitrogen and oxygen atoms in total. The van der Waals surface area contributed by atoms with E-state index in [-0.39, 0.29) is 111 Å². The van der Waals surface area contributed by atoms with Crippen molar-refractivity contribution in [2.45, 2.75) is 45.5 Å². The smallest absolute Gasteiger partial charge is 1.00 e. The average Bonchev–Trinajstić information content (AvgIpc) is 2.20. The Hall–Kier alpha value is -8.30. The molecular formula is C61H55ClLiN7O9S3. The van der Waals surface area contributed by atoms with E-state index >= 15 is 0 Å². The van der Waals surface area contributed by atoms with Gasteiger partial charge < -0.3 is 33.2 Å². The number of halogens is 1. The molecule has 0 unspecified atom stereocenters. The molecule has 3 aliphatic heterocycles. The fourth-order valence-electron chi connectivity index (χ4n) is 8.74. The molecule has 0 spiro atoms. The average molecular weight is 1170 g/mol. The van der Waals surface area contributed by atoms with Crippen LogP contribution in [-0.4, -0.2) is 65.7 Å². The van der Waals surface area contributed by atoms with Crippen molar-refractivity contribution in [3.05, 3.63) is 226 Å². The summed E-state index contributed by atoms with van der Waals surface area (Å²) >= 11 is 3.46. The predicted octanol–water partition coefficient (Wildman–Crippen LogP) is 7.40. The maximum absolute atomic E-state index is 13.1. The molecule has 0 radical (unpaired) electrons. The summed E-state index contributed by atoms with van der Waals surface area (Å²) in [5.74, 6) is -1.91. The van der Waals surface area contributed by atoms with Crippen molar-refractivity contribution in [3.8, 4) is 28.3 Å². The van der Waals surface area contributed by atoms with Gasteiger partial charge in [-0.3, -0.25) is 24.6 Å². The van der Waals surface area contributed by atoms with Crippen molar-refractivity contribution in [2.24, 2.45) is 5.73 Å². The maximum Gasteiger partial charge on any atom is 1.00 e. The summed E-state index contributed by atoms with van der Waals surface area (Å²) in [7, 11) is -7.87. The summed E-state index contributed by atoms with van der Waals surface area (Å²) in [5.41, 5.74) is 13.0. The number of nitrogens with zero attached hydrogens (tertiary/aromatic N) is 1. The number of carbonyl (C=O) groups excluding carboxylic acids is 4. The number of thiol groups is 1. The number of rotatable bonds is 9. The Kier molecular flexibility index (Phi) is 21.2. The second-order valence-electron chi connectivity index (χ2n) is 18.1. The number of anilines is 2. The number of hydrogen-bond acceptors (Lipinski definition) is 12. The van der Waals surface area contributed by atoms with Crippen LogP contribution < -0.4 is 45.9 Å². The van der Waals surface area contributed by atoms with Crippen molar-refractivity contribution < 1.29 is 62.4 Å². The number of fused-ring (bicyclic) bond motifs is 4. The monoisotopic (exact) mass is 1170 g/mol. The van der Waals surface area contributed by atoms with E-state index in [1.54, 1.807) is 36.4 Å². The van der Waals surface area contributed by atoms with Crippen molar-refractivity contribution >= 4 is 85.5 Å². The van der Waals surface area contributed by atoms with Gasteiger partial charge in [0, 0.05) is 44.4 Å². The van der Waals surface area contributed by atoms with Crippen molar-refractivity contribution in [1.29, 1.82) is 10.7 Å². The molecule has 82 heavy (non-hydrogen) atoms. The Morgan fingerprint density at radius 1 is 0.610 bits per heavy atom. The zero-order chi connectivity index (χ0) is 57.7. The first-order valence-corrected chi connectivity index (χ1v) is 28.4. The normalized spacial score (nSPS) is 13.6. The molecule has 0 bridgehead atoms. The molecule has 8 aromatic rings. The summed E-state index contributed by atoms with van der Waals surface area (Å²) < 4.78 is 63.5. The van der Waals surface area contributed by atoms with Crippen LogP contribution in [0.15, 0.2) is 202 Å². The predicted molar refractivity (Wildman–Crippen MR) is 318 cm³/mol. The van der Waals surface area contributed by atoms with Crippen LogP contribution in [0, 0.1) is 16.7 Å². The van der Waals surface area contributed by atoms with Crippen LogP contribution >= 0.6 is 25.0 Å². The molecular weight excluding hydrogens is 1110 g/mol. The number of hydrogen-bond donors (Lipinski definition) is 7. The van der Waals surface area contributed by atoms with Crippen LogP contribution in [-0.2, 0) is 37.5 Å². The van der Waals surface area contributed by atoms with E-state index in [1.807, 2.05) is 84.9 Å². The zero-order valence-corrected chi connectivity index (χ0v) is 47.5. The molecule has 1 saturated heterocycles. The number of benzene rings is 8. The molecule has 0 aromatic heterocycles. The van der Waals surface area contributed by atoms with Gasteiger partial charge in [-0.1, -0.05) is 103 Å². The third-order valence-electron chi connectivity index (χ3n) is 12.9. The number of carbonyl (C=O) groups is 4. The van der Waals surface area contributed by atoms with Crippen LogP contribution in [0.25, 0.3) is 22.3 Å². The first kappa shape index (κ1) is 61.3. The Morgan fingerprint density at radius 2 is 1.04 bits per heavy atom. The summed E-state index contributed by atoms with van der Waals surface area (Å²) in [6.45, 7) is 2.50. The van der Waals surface area contributed by atoms with E-state index in [0.29, 0.717) is 11.1 Å². The van der Waals surface area contributed by atoms with E-state index in [0.717, 1.165) is 46.6 Å². The van der Waals surface area contributed by atoms with Gasteiger partial charge >= 0.3 is 18.9 Å². The van der Waals surface area contributed by atoms with Crippen LogP contribution in [0.4, 0.5) is 11.4 Å². The number of nitrogen functional groups attached to an aromatic ring is 1. The first-order valence-electron chi connectivity index (χ1n) is 25.5. The molecule has 1 fully saturated rings. The summed E-state index contributed by atoms with van der Waals surface area (Å²) in [5, 5.41) is 27.6. The minimum absolute atomic E-state index is 0. The van der Waals surface area contributed by atoms with Gasteiger partial charge in [-0.25, -0.2) is 16.8 Å². The van der Waals surface area contributed by atoms with Crippen molar-refractivity contribution in [2.75, 3.05) is 30.1 Å². The summed E-state index contributed by atoms with van der Waals surface area (Å²) in [4.78, 5) is 50.6. The number of ether oxygens (including phenoxy) is 1. The largest absolute Gasteiger partial charge is 1.00 e. The Bertz CT molecular complexity index is 3990. The molecule has 3 aliphatic rings. The molecule has 8 aromatic carbocycles. The van der Waals surface area contributed by atoms with E-state index in [2.05, 4.69) is 40.0 Å². The minimum atomic E-state index is -3.94. The second-order valence-corrected chi connectivity index (χ2v) is 21.9. The third kappa shape index (κ3) is 14.6. The van der Waals surface area contributed by atoms with Crippen molar-refractivity contribution in [1.82, 2.24) is 10.6 Å². The van der Waals surface area contributed by atoms with E-state index in [9.17, 15) is 36.0 Å². The van der Waals surface area contributed by atoms with Gasteiger partial charge in [0.05, 0.1) is 53.7 Å². The number of amides is 4. The van der Waals surface area contributed by atoms with Crippen molar-refractivity contribution in [3.63, 3.8) is 0 Å². The van der Waals surface area contributed by atoms with Crippen LogP contribution in [0.1, 0.15) is 79.3 Å². The van der Waals surface area contributed by atoms with Gasteiger partial charge in [-0.15, -0.1) is 12.4 Å². The van der Waals surface area contributed by atoms with Gasteiger partial charge in [0.1, 0.15) is 5.84 Å². The van der Waals surface area contributed by atoms with Gasteiger partial charge in [0.25, 0.3) is 23.6 Å². The molecule has 4 amide bonds. The quantitative estimate of drug-likeness (QED) is 0.0324. The zero-order valence-electron chi connectivity index (χ0n) is 46.1. The van der Waals surface area contributed by atoms with E-state index < -0.39 is 43.3 Å². The number of nitrogens with two attached hydrogens (primary N) is 1. The standard InChI is InChI=1S/C28H22N4O4S.C28H19N3O4S.C4H8O.CH4S.ClH.Li.H/c29-26(30)20-5-3-4-19(14-20)18-10-8-17(9-11-18)16-31-27(33)21-12-13-25-23(15-21)32-28(34)22-6-1-2-7-24(22)37(25,35)36;29-16-19-4-3-5-21(14-19)20-10-8-18(9-11-20)17-30-27(32)22-12-13-26-24(15-22)31-28(33)23-6-1-2-7-25(23)36(26,34)35;1-2-4-5-3-1;1-2;;;/h1-15H,16H2,(H3,29,30)(H,31,33)(H,32,34);1-15H,17H2,(H,30,32)(H,31,33);1-4H2;2H,1H3;1H;;/q;;;;;+1;-1/i;;;1D;;;. The third-order valence-corrected chi connectivity index (χ3v) is 16.6. The van der Waals surface area contributed by atoms with Crippen LogP contribution in [0.5, 0.6) is 0 Å². The Labute approximate surface area is 502 Å². The minimum Gasteiger partial charge on any atom is -1.00 e. The molecule has 0 aliphatic carbocycles. The van der Waals surface area contributed by atoms with Gasteiger partial charge in [0.15, 0.2) is 0 Å². The number of nitriles is 1. The van der Waals surface area contributed by atoms with Gasteiger partial charge in [-0.2, -0.15) is 17.9 Å². The van der Waals surface area contributed by atoms with Crippen LogP contribution in [0.2, 0.25) is 0 Å². The molecule has 7 N–H and O–H groups in total. The fraction of sp³-hybridized carbons (Fsp3) is 0.115. The fourth-order valence-corrected chi connectivity index (χ4v) is 11.9. The van der Waals surface area contributed by atoms with Crippen LogP contribution in [0.3, 0.4) is 0 Å². The molecule has 21 heteroatoms. The van der Waals surface area contributed by atoms with Gasteiger partial charge in [-0.05, 0) is 131 Å². The topological polar surface area (TPSA) is 268 Å². The second kappa shape index (κ2) is 28.4. The Balaban J connectivity index is 0.000000263. The van der Waals surface area contributed by atoms with E-state index in [4.69, 9.17) is 22.5 Å². The SMILES string of the molecule is C1CCOC1.Cl.N#Cc1cccc(-c2ccc(CNC(=O)c3ccc4c(c3)NC(=O)c3ccccc3S4(=O)=O)cc2)c1.N=C(N)c1cccc(-c2ccc(CNC(=O)c3ccc4c(c3)NC(=O)c3ccccc3S4(=O)=O)cc2)c1.[2H]CS.[H-].[Li+]. The van der Waals surface area contributed by atoms with E-state index in [1.165, 1.54) is 73.5 Å². The maximum atomic E-state index is 13.1. The number of sulfone groups is 2. The summed E-state index contributed by atoms with van der Waals surface area (Å²) in [6.07, 6.45) is 2.75. The Morgan fingerprint density at radius 3 is 1.45 bits per heavy atom. The molecule has 11 rings (SSSR count). The molecule has 3 heterocycles. The summed E-state index contributed by atoms with van der Waals surface area (Å²) in [6, 6.07) is 52.3.